The van der Waals surface area contributed by atoms with Gasteiger partial charge in [-0.3, -0.25) is 4.79 Å². The van der Waals surface area contributed by atoms with Crippen LogP contribution in [0.15, 0.2) is 18.2 Å². The molecule has 1 aromatic rings. The number of benzene rings is 1. The van der Waals surface area contributed by atoms with Gasteiger partial charge in [-0.05, 0) is 31.0 Å². The van der Waals surface area contributed by atoms with Crippen molar-refractivity contribution in [1.29, 1.82) is 0 Å². The van der Waals surface area contributed by atoms with Crippen molar-refractivity contribution in [3.8, 4) is 5.75 Å². The number of rotatable bonds is 5. The zero-order valence-electron chi connectivity index (χ0n) is 9.90. The van der Waals surface area contributed by atoms with Gasteiger partial charge in [-0.25, -0.2) is 0 Å². The fraction of sp³-hybridized carbons (Fsp3) is 0.273. The zero-order chi connectivity index (χ0) is 12.8. The number of hydrogen-bond donors (Lipinski definition) is 2. The number of hydrogen-bond acceptors (Lipinski definition) is 4. The fourth-order valence-electron chi connectivity index (χ4n) is 1.23. The summed E-state index contributed by atoms with van der Waals surface area (Å²) in [6.45, 7) is 0.203. The van der Waals surface area contributed by atoms with Gasteiger partial charge in [0.25, 0.3) is 5.91 Å². The first-order valence-corrected chi connectivity index (χ1v) is 5.35. The van der Waals surface area contributed by atoms with E-state index in [1.165, 1.54) is 18.2 Å². The Morgan fingerprint density at radius 1 is 1.39 bits per heavy atom. The Balaban J connectivity index is 0.00000289. The van der Waals surface area contributed by atoms with Crippen molar-refractivity contribution < 1.29 is 49.4 Å². The second kappa shape index (κ2) is 8.37. The second-order valence-electron chi connectivity index (χ2n) is 3.39. The van der Waals surface area contributed by atoms with Crippen LogP contribution >= 0.6 is 11.6 Å². The number of carbonyl (C=O) groups is 2. The minimum absolute atomic E-state index is 0. The molecule has 1 rings (SSSR count). The van der Waals surface area contributed by atoms with E-state index in [-0.39, 0.29) is 60.3 Å². The number of aromatic hydroxyl groups is 1. The molecular formula is C11H11ClNNaO4. The number of carboxylic acids is 1. The predicted octanol–water partition coefficient (Wildman–Crippen LogP) is -2.69. The van der Waals surface area contributed by atoms with Gasteiger partial charge in [0.05, 0.1) is 5.56 Å². The van der Waals surface area contributed by atoms with Crippen molar-refractivity contribution in [2.75, 3.05) is 6.54 Å². The number of nitrogens with one attached hydrogen (secondary N) is 1. The van der Waals surface area contributed by atoms with Crippen LogP contribution in [0.5, 0.6) is 5.75 Å². The van der Waals surface area contributed by atoms with Crippen LogP contribution in [0.3, 0.4) is 0 Å². The van der Waals surface area contributed by atoms with E-state index in [2.05, 4.69) is 5.32 Å². The third-order valence-corrected chi connectivity index (χ3v) is 2.28. The Hall–Kier alpha value is -0.750. The number of aliphatic carboxylic acids is 1. The smallest absolute Gasteiger partial charge is 0.550 e. The molecule has 0 unspecified atom stereocenters. The van der Waals surface area contributed by atoms with Crippen LogP contribution in [0.1, 0.15) is 23.2 Å². The Labute approximate surface area is 131 Å². The summed E-state index contributed by atoms with van der Waals surface area (Å²) in [6.07, 6.45) is 0.162. The molecule has 0 saturated carbocycles. The van der Waals surface area contributed by atoms with Gasteiger partial charge in [0, 0.05) is 17.5 Å². The van der Waals surface area contributed by atoms with Crippen LogP contribution < -0.4 is 40.0 Å². The van der Waals surface area contributed by atoms with E-state index >= 15 is 0 Å². The number of carboxylic acid groups (broad SMARTS) is 1. The maximum Gasteiger partial charge on any atom is 1.00 e. The first kappa shape index (κ1) is 17.2. The molecule has 0 radical (unpaired) electrons. The number of halogens is 1. The minimum atomic E-state index is -1.16. The summed E-state index contributed by atoms with van der Waals surface area (Å²) >= 11 is 5.62. The first-order chi connectivity index (χ1) is 8.00. The molecule has 0 fully saturated rings. The molecule has 0 saturated heterocycles. The molecule has 0 aliphatic heterocycles. The molecule has 18 heavy (non-hydrogen) atoms. The van der Waals surface area contributed by atoms with Gasteiger partial charge >= 0.3 is 29.6 Å². The van der Waals surface area contributed by atoms with Gasteiger partial charge < -0.3 is 20.3 Å². The van der Waals surface area contributed by atoms with Crippen LogP contribution in [-0.4, -0.2) is 23.5 Å². The molecule has 5 nitrogen and oxygen atoms in total. The average molecular weight is 280 g/mol. The van der Waals surface area contributed by atoms with Crippen LogP contribution in [0, 0.1) is 0 Å². The molecule has 0 bridgehead atoms. The third-order valence-electron chi connectivity index (χ3n) is 2.05. The zero-order valence-corrected chi connectivity index (χ0v) is 12.7. The summed E-state index contributed by atoms with van der Waals surface area (Å²) < 4.78 is 0. The van der Waals surface area contributed by atoms with Gasteiger partial charge in [0.1, 0.15) is 5.75 Å². The maximum absolute atomic E-state index is 11.5. The molecule has 0 heterocycles. The fourth-order valence-corrected chi connectivity index (χ4v) is 1.39. The minimum Gasteiger partial charge on any atom is -0.550 e. The summed E-state index contributed by atoms with van der Waals surface area (Å²) in [5.41, 5.74) is 0.0999. The summed E-state index contributed by atoms with van der Waals surface area (Å²) in [5.74, 6) is -1.85. The molecule has 92 valence electrons. The largest absolute Gasteiger partial charge is 1.00 e. The Kier molecular flexibility index (Phi) is 8.02. The van der Waals surface area contributed by atoms with Gasteiger partial charge in [-0.2, -0.15) is 0 Å². The average Bonchev–Trinajstić information content (AvgIpc) is 2.23. The molecule has 1 amide bonds. The predicted molar refractivity (Wildman–Crippen MR) is 59.7 cm³/mol. The van der Waals surface area contributed by atoms with E-state index in [0.717, 1.165) is 0 Å². The topological polar surface area (TPSA) is 89.5 Å². The van der Waals surface area contributed by atoms with Crippen molar-refractivity contribution >= 4 is 23.5 Å². The standard InChI is InChI=1S/C11H12ClNO4.Na/c12-7-3-4-8(9(14)6-7)11(17)13-5-1-2-10(15)16;/h3-4,6,14H,1-2,5H2,(H,13,17)(H,15,16);/q;+1/p-1. The molecule has 2 N–H and O–H groups in total. The number of phenols is 1. The number of carbonyl (C=O) groups excluding carboxylic acids is 2. The monoisotopic (exact) mass is 279 g/mol. The van der Waals surface area contributed by atoms with Crippen molar-refractivity contribution in [2.45, 2.75) is 12.8 Å². The van der Waals surface area contributed by atoms with E-state index in [0.29, 0.717) is 5.02 Å². The SMILES string of the molecule is O=C([O-])CCCNC(=O)c1ccc(Cl)cc1O.[Na+]. The van der Waals surface area contributed by atoms with E-state index < -0.39 is 11.9 Å². The first-order valence-electron chi connectivity index (χ1n) is 4.97. The molecule has 7 heteroatoms. The summed E-state index contributed by atoms with van der Waals surface area (Å²) in [4.78, 5) is 21.7. The van der Waals surface area contributed by atoms with Gasteiger partial charge in [-0.1, -0.05) is 11.6 Å². The van der Waals surface area contributed by atoms with E-state index in [4.69, 9.17) is 11.6 Å². The Morgan fingerprint density at radius 3 is 2.61 bits per heavy atom. The molecular weight excluding hydrogens is 269 g/mol. The Morgan fingerprint density at radius 2 is 2.06 bits per heavy atom. The van der Waals surface area contributed by atoms with Crippen LogP contribution in [0.2, 0.25) is 5.02 Å². The molecule has 0 spiro atoms. The van der Waals surface area contributed by atoms with Gasteiger partial charge in [0.2, 0.25) is 0 Å². The molecule has 1 aromatic carbocycles. The van der Waals surface area contributed by atoms with Crippen molar-refractivity contribution in [2.24, 2.45) is 0 Å². The van der Waals surface area contributed by atoms with E-state index in [1.807, 2.05) is 0 Å². The molecule has 0 aromatic heterocycles. The van der Waals surface area contributed by atoms with Crippen LogP contribution in [-0.2, 0) is 4.79 Å². The maximum atomic E-state index is 11.5. The van der Waals surface area contributed by atoms with Gasteiger partial charge in [0.15, 0.2) is 0 Å². The Bertz CT molecular complexity index is 439. The second-order valence-corrected chi connectivity index (χ2v) is 3.83. The summed E-state index contributed by atoms with van der Waals surface area (Å²) in [5, 5.41) is 22.4. The molecule has 0 atom stereocenters. The van der Waals surface area contributed by atoms with E-state index in [9.17, 15) is 19.8 Å². The third kappa shape index (κ3) is 5.73. The van der Waals surface area contributed by atoms with Crippen molar-refractivity contribution in [3.63, 3.8) is 0 Å². The molecule has 0 aliphatic rings. The van der Waals surface area contributed by atoms with E-state index in [1.54, 1.807) is 0 Å². The molecule has 0 aliphatic carbocycles. The summed E-state index contributed by atoms with van der Waals surface area (Å²) in [7, 11) is 0. The quantitative estimate of drug-likeness (QED) is 0.454. The summed E-state index contributed by atoms with van der Waals surface area (Å²) in [6, 6.07) is 4.14. The normalized spacial score (nSPS) is 9.39. The van der Waals surface area contributed by atoms with Crippen molar-refractivity contribution in [3.05, 3.63) is 28.8 Å². The van der Waals surface area contributed by atoms with Crippen molar-refractivity contribution in [1.82, 2.24) is 5.32 Å². The van der Waals surface area contributed by atoms with Gasteiger partial charge in [-0.15, -0.1) is 0 Å². The van der Waals surface area contributed by atoms with Crippen LogP contribution in [0.25, 0.3) is 0 Å². The van der Waals surface area contributed by atoms with Crippen LogP contribution in [0.4, 0.5) is 0 Å². The number of amides is 1. The number of phenolic OH excluding ortho intramolecular Hbond substituents is 1.